The summed E-state index contributed by atoms with van der Waals surface area (Å²) in [4.78, 5) is 2.26. The van der Waals surface area contributed by atoms with Gasteiger partial charge in [0.25, 0.3) is 0 Å². The van der Waals surface area contributed by atoms with Crippen molar-refractivity contribution in [3.05, 3.63) is 0 Å². The van der Waals surface area contributed by atoms with Gasteiger partial charge in [-0.2, -0.15) is 4.37 Å². The molecule has 1 fully saturated rings. The zero-order valence-corrected chi connectivity index (χ0v) is 12.8. The Bertz CT molecular complexity index is 541. The van der Waals surface area contributed by atoms with Gasteiger partial charge in [0.05, 0.1) is 25.0 Å². The Kier molecular flexibility index (Phi) is 4.32. The minimum Gasteiger partial charge on any atom is -0.382 e. The number of nitrogens with zero attached hydrogens (tertiary/aromatic N) is 2. The SMILES string of the molecule is CCC1COCCN1c1snc(N)c1S(=O)(=O)CC. The molecule has 1 unspecified atom stereocenters. The molecule has 0 radical (unpaired) electrons. The van der Waals surface area contributed by atoms with Crippen molar-refractivity contribution in [1.82, 2.24) is 4.37 Å². The first-order valence-electron chi connectivity index (χ1n) is 6.33. The monoisotopic (exact) mass is 305 g/mol. The van der Waals surface area contributed by atoms with Crippen LogP contribution >= 0.6 is 11.5 Å². The molecule has 1 aromatic rings. The molecule has 6 nitrogen and oxygen atoms in total. The average Bonchev–Trinajstić information content (AvgIpc) is 2.81. The second-order valence-electron chi connectivity index (χ2n) is 4.44. The molecule has 1 aliphatic heterocycles. The first-order valence-corrected chi connectivity index (χ1v) is 8.76. The topological polar surface area (TPSA) is 85.5 Å². The Balaban J connectivity index is 2.45. The van der Waals surface area contributed by atoms with Gasteiger partial charge in [0.1, 0.15) is 9.90 Å². The average molecular weight is 305 g/mol. The van der Waals surface area contributed by atoms with Crippen molar-refractivity contribution in [1.29, 1.82) is 0 Å². The van der Waals surface area contributed by atoms with Crippen molar-refractivity contribution >= 4 is 32.2 Å². The summed E-state index contributed by atoms with van der Waals surface area (Å²) < 4.78 is 33.8. The van der Waals surface area contributed by atoms with Crippen LogP contribution in [0.1, 0.15) is 20.3 Å². The molecule has 0 aromatic carbocycles. The van der Waals surface area contributed by atoms with Crippen molar-refractivity contribution < 1.29 is 13.2 Å². The van der Waals surface area contributed by atoms with Gasteiger partial charge in [-0.15, -0.1) is 0 Å². The van der Waals surface area contributed by atoms with Crippen molar-refractivity contribution in [2.75, 3.05) is 36.1 Å². The van der Waals surface area contributed by atoms with Gasteiger partial charge in [0.15, 0.2) is 15.7 Å². The van der Waals surface area contributed by atoms with E-state index in [1.165, 1.54) is 0 Å². The molecule has 2 rings (SSSR count). The lowest BCUT2D eigenvalue weighted by Gasteiger charge is -2.36. The van der Waals surface area contributed by atoms with Crippen LogP contribution in [0.15, 0.2) is 4.90 Å². The second kappa shape index (κ2) is 5.64. The summed E-state index contributed by atoms with van der Waals surface area (Å²) in [5.41, 5.74) is 5.76. The Morgan fingerprint density at radius 2 is 2.26 bits per heavy atom. The van der Waals surface area contributed by atoms with E-state index in [0.29, 0.717) is 24.8 Å². The highest BCUT2D eigenvalue weighted by Crippen LogP contribution is 2.37. The molecule has 0 bridgehead atoms. The highest BCUT2D eigenvalue weighted by atomic mass is 32.2. The maximum Gasteiger partial charge on any atom is 0.184 e. The molecule has 0 amide bonds. The molecule has 1 aliphatic rings. The summed E-state index contributed by atoms with van der Waals surface area (Å²) in [5, 5.41) is 0.662. The molecule has 19 heavy (non-hydrogen) atoms. The van der Waals surface area contributed by atoms with E-state index in [1.807, 2.05) is 0 Å². The third kappa shape index (κ3) is 2.70. The summed E-state index contributed by atoms with van der Waals surface area (Å²) >= 11 is 1.16. The highest BCUT2D eigenvalue weighted by molar-refractivity contribution is 7.91. The number of rotatable bonds is 4. The van der Waals surface area contributed by atoms with E-state index in [1.54, 1.807) is 6.92 Å². The predicted octanol–water partition coefficient (Wildman–Crippen LogP) is 1.13. The molecule has 2 N–H and O–H groups in total. The van der Waals surface area contributed by atoms with Gasteiger partial charge in [-0.25, -0.2) is 8.42 Å². The van der Waals surface area contributed by atoms with Gasteiger partial charge in [-0.1, -0.05) is 13.8 Å². The fourth-order valence-corrected chi connectivity index (χ4v) is 4.56. The molecule has 1 saturated heterocycles. The highest BCUT2D eigenvalue weighted by Gasteiger charge is 2.31. The minimum atomic E-state index is -3.36. The lowest BCUT2D eigenvalue weighted by molar-refractivity contribution is 0.0931. The van der Waals surface area contributed by atoms with Crippen LogP contribution in [0.5, 0.6) is 0 Å². The zero-order valence-electron chi connectivity index (χ0n) is 11.1. The van der Waals surface area contributed by atoms with Gasteiger partial charge in [0, 0.05) is 6.54 Å². The zero-order chi connectivity index (χ0) is 14.0. The normalized spacial score (nSPS) is 20.7. The van der Waals surface area contributed by atoms with Crippen LogP contribution in [0, 0.1) is 0 Å². The molecular formula is C11H19N3O3S2. The van der Waals surface area contributed by atoms with Crippen LogP contribution < -0.4 is 10.6 Å². The van der Waals surface area contributed by atoms with Crippen molar-refractivity contribution in [3.8, 4) is 0 Å². The number of morpholine rings is 1. The van der Waals surface area contributed by atoms with Gasteiger partial charge >= 0.3 is 0 Å². The molecule has 2 heterocycles. The van der Waals surface area contributed by atoms with Crippen molar-refractivity contribution in [3.63, 3.8) is 0 Å². The van der Waals surface area contributed by atoms with Crippen LogP contribution in [0.4, 0.5) is 10.8 Å². The summed E-state index contributed by atoms with van der Waals surface area (Å²) in [5.74, 6) is 0.146. The molecule has 1 atom stereocenters. The number of aromatic nitrogens is 1. The van der Waals surface area contributed by atoms with Crippen LogP contribution in [-0.2, 0) is 14.6 Å². The minimum absolute atomic E-state index is 0.0315. The van der Waals surface area contributed by atoms with E-state index in [2.05, 4.69) is 16.2 Å². The first-order chi connectivity index (χ1) is 9.01. The first kappa shape index (κ1) is 14.5. The molecule has 0 aliphatic carbocycles. The maximum atomic E-state index is 12.2. The lowest BCUT2D eigenvalue weighted by Crippen LogP contribution is -2.45. The quantitative estimate of drug-likeness (QED) is 0.897. The molecule has 108 valence electrons. The maximum absolute atomic E-state index is 12.2. The Labute approximate surface area is 117 Å². The standard InChI is InChI=1S/C11H19N3O3S2/c1-3-8-7-17-6-5-14(8)11-9(10(12)13-18-11)19(15,16)4-2/h8H,3-7H2,1-2H3,(H2,12,13). The number of ether oxygens (including phenoxy) is 1. The predicted molar refractivity (Wildman–Crippen MR) is 76.5 cm³/mol. The van der Waals surface area contributed by atoms with Crippen LogP contribution in [0.3, 0.4) is 0 Å². The molecule has 0 saturated carbocycles. The summed E-state index contributed by atoms with van der Waals surface area (Å²) in [6.45, 7) is 5.56. The number of hydrogen-bond acceptors (Lipinski definition) is 7. The fourth-order valence-electron chi connectivity index (χ4n) is 2.16. The molecule has 0 spiro atoms. The van der Waals surface area contributed by atoms with Gasteiger partial charge < -0.3 is 15.4 Å². The van der Waals surface area contributed by atoms with E-state index in [-0.39, 0.29) is 22.5 Å². The lowest BCUT2D eigenvalue weighted by atomic mass is 10.2. The Morgan fingerprint density at radius 3 is 2.89 bits per heavy atom. The molecular weight excluding hydrogens is 286 g/mol. The summed E-state index contributed by atoms with van der Waals surface area (Å²) in [7, 11) is -3.36. The van der Waals surface area contributed by atoms with Crippen LogP contribution in [0.25, 0.3) is 0 Å². The van der Waals surface area contributed by atoms with Gasteiger partial charge in [-0.3, -0.25) is 0 Å². The van der Waals surface area contributed by atoms with Crippen molar-refractivity contribution in [2.45, 2.75) is 31.2 Å². The van der Waals surface area contributed by atoms with Gasteiger partial charge in [-0.05, 0) is 18.0 Å². The van der Waals surface area contributed by atoms with Crippen LogP contribution in [0.2, 0.25) is 0 Å². The molecule has 1 aromatic heterocycles. The third-order valence-corrected chi connectivity index (χ3v) is 6.12. The van der Waals surface area contributed by atoms with E-state index >= 15 is 0 Å². The summed E-state index contributed by atoms with van der Waals surface area (Å²) in [6.07, 6.45) is 0.892. The van der Waals surface area contributed by atoms with Gasteiger partial charge in [0.2, 0.25) is 0 Å². The van der Waals surface area contributed by atoms with E-state index in [9.17, 15) is 8.42 Å². The van der Waals surface area contributed by atoms with E-state index < -0.39 is 9.84 Å². The number of sulfone groups is 1. The smallest absolute Gasteiger partial charge is 0.184 e. The third-order valence-electron chi connectivity index (χ3n) is 3.31. The fraction of sp³-hybridized carbons (Fsp3) is 0.727. The Morgan fingerprint density at radius 1 is 1.53 bits per heavy atom. The molecule has 8 heteroatoms. The van der Waals surface area contributed by atoms with Crippen molar-refractivity contribution in [2.24, 2.45) is 0 Å². The largest absolute Gasteiger partial charge is 0.382 e. The summed E-state index contributed by atoms with van der Waals surface area (Å²) in [6, 6.07) is 0.180. The second-order valence-corrected chi connectivity index (χ2v) is 7.40. The van der Waals surface area contributed by atoms with E-state index in [0.717, 1.165) is 18.0 Å². The number of nitrogen functional groups attached to an aromatic ring is 1. The Hall–Kier alpha value is -0.860. The van der Waals surface area contributed by atoms with Crippen LogP contribution in [-0.4, -0.2) is 44.3 Å². The number of hydrogen-bond donors (Lipinski definition) is 1. The van der Waals surface area contributed by atoms with E-state index in [4.69, 9.17) is 10.5 Å². The number of anilines is 2. The number of nitrogens with two attached hydrogens (primary N) is 1.